The molecule has 1 heterocycles. The number of nitrogens with zero attached hydrogens (tertiary/aromatic N) is 2. The SMILES string of the molecule is CCOC(=O)[C@@H](C)N1C(=O)S/C(=C/c2cc(OC)c(OC)cc2[N+](=O)[O-])C1=O. The van der Waals surface area contributed by atoms with Crippen molar-refractivity contribution in [2.75, 3.05) is 20.8 Å². The second kappa shape index (κ2) is 8.74. The highest BCUT2D eigenvalue weighted by Gasteiger charge is 2.41. The van der Waals surface area contributed by atoms with Crippen LogP contribution >= 0.6 is 11.8 Å². The van der Waals surface area contributed by atoms with Crippen molar-refractivity contribution in [3.63, 3.8) is 0 Å². The fraction of sp³-hybridized carbons (Fsp3) is 0.353. The highest BCUT2D eigenvalue weighted by molar-refractivity contribution is 8.18. The van der Waals surface area contributed by atoms with Crippen molar-refractivity contribution in [1.29, 1.82) is 0 Å². The van der Waals surface area contributed by atoms with Crippen LogP contribution in [0.5, 0.6) is 11.5 Å². The van der Waals surface area contributed by atoms with Crippen molar-refractivity contribution < 1.29 is 33.5 Å². The van der Waals surface area contributed by atoms with E-state index in [-0.39, 0.29) is 34.3 Å². The number of imide groups is 1. The molecule has 150 valence electrons. The van der Waals surface area contributed by atoms with Gasteiger partial charge in [0.25, 0.3) is 16.8 Å². The molecule has 0 N–H and O–H groups in total. The predicted octanol–water partition coefficient (Wildman–Crippen LogP) is 2.60. The maximum absolute atomic E-state index is 12.6. The van der Waals surface area contributed by atoms with E-state index in [9.17, 15) is 24.5 Å². The molecule has 28 heavy (non-hydrogen) atoms. The lowest BCUT2D eigenvalue weighted by atomic mass is 10.1. The minimum Gasteiger partial charge on any atom is -0.493 e. The molecule has 1 aromatic rings. The van der Waals surface area contributed by atoms with Gasteiger partial charge in [0.2, 0.25) is 0 Å². The molecule has 1 fully saturated rings. The van der Waals surface area contributed by atoms with Crippen molar-refractivity contribution in [2.45, 2.75) is 19.9 Å². The number of hydrogen-bond acceptors (Lipinski definition) is 9. The van der Waals surface area contributed by atoms with E-state index in [0.29, 0.717) is 11.8 Å². The molecule has 10 nitrogen and oxygen atoms in total. The molecular weight excluding hydrogens is 392 g/mol. The van der Waals surface area contributed by atoms with Crippen LogP contribution in [0.1, 0.15) is 19.4 Å². The van der Waals surface area contributed by atoms with Gasteiger partial charge in [-0.05, 0) is 37.8 Å². The number of amides is 2. The molecule has 2 amide bonds. The van der Waals surface area contributed by atoms with Crippen molar-refractivity contribution in [3.8, 4) is 11.5 Å². The third-order valence-corrected chi connectivity index (χ3v) is 4.74. The molecular formula is C17H18N2O8S. The third kappa shape index (κ3) is 4.09. The molecule has 11 heteroatoms. The second-order valence-electron chi connectivity index (χ2n) is 5.50. The van der Waals surface area contributed by atoms with Crippen LogP contribution in [0.15, 0.2) is 17.0 Å². The van der Waals surface area contributed by atoms with Gasteiger partial charge in [0.05, 0.1) is 42.3 Å². The maximum Gasteiger partial charge on any atom is 0.329 e. The number of carbonyl (C=O) groups excluding carboxylic acids is 3. The fourth-order valence-corrected chi connectivity index (χ4v) is 3.38. The van der Waals surface area contributed by atoms with E-state index in [4.69, 9.17) is 14.2 Å². The highest BCUT2D eigenvalue weighted by atomic mass is 32.2. The van der Waals surface area contributed by atoms with Crippen LogP contribution in [0.3, 0.4) is 0 Å². The van der Waals surface area contributed by atoms with E-state index in [1.54, 1.807) is 6.92 Å². The first kappa shape index (κ1) is 21.2. The Morgan fingerprint density at radius 2 is 1.89 bits per heavy atom. The quantitative estimate of drug-likeness (QED) is 0.288. The van der Waals surface area contributed by atoms with E-state index >= 15 is 0 Å². The van der Waals surface area contributed by atoms with E-state index in [0.717, 1.165) is 11.0 Å². The Balaban J connectivity index is 2.45. The molecule has 1 atom stereocenters. The molecule has 0 aromatic heterocycles. The van der Waals surface area contributed by atoms with Crippen LogP contribution in [0.25, 0.3) is 6.08 Å². The first-order valence-corrected chi connectivity index (χ1v) is 8.90. The number of nitro groups is 1. The lowest BCUT2D eigenvalue weighted by Crippen LogP contribution is -2.42. The minimum atomic E-state index is -1.11. The Morgan fingerprint density at radius 1 is 1.29 bits per heavy atom. The smallest absolute Gasteiger partial charge is 0.329 e. The molecule has 0 aliphatic carbocycles. The molecule has 0 unspecified atom stereocenters. The predicted molar refractivity (Wildman–Crippen MR) is 100 cm³/mol. The van der Waals surface area contributed by atoms with Crippen molar-refractivity contribution in [3.05, 3.63) is 32.7 Å². The highest BCUT2D eigenvalue weighted by Crippen LogP contribution is 2.39. The number of esters is 1. The largest absolute Gasteiger partial charge is 0.493 e. The van der Waals surface area contributed by atoms with Crippen LogP contribution in [-0.4, -0.2) is 53.8 Å². The molecule has 2 rings (SSSR count). The number of benzene rings is 1. The number of hydrogen-bond donors (Lipinski definition) is 0. The van der Waals surface area contributed by atoms with Crippen LogP contribution in [0.4, 0.5) is 10.5 Å². The number of nitro benzene ring substituents is 1. The van der Waals surface area contributed by atoms with Gasteiger partial charge < -0.3 is 14.2 Å². The van der Waals surface area contributed by atoms with Crippen LogP contribution in [0.2, 0.25) is 0 Å². The van der Waals surface area contributed by atoms with Gasteiger partial charge in [-0.15, -0.1) is 0 Å². The minimum absolute atomic E-state index is 0.0527. The monoisotopic (exact) mass is 410 g/mol. The Labute approximate surface area is 164 Å². The summed E-state index contributed by atoms with van der Waals surface area (Å²) < 4.78 is 15.0. The van der Waals surface area contributed by atoms with Gasteiger partial charge in [-0.3, -0.25) is 24.6 Å². The summed E-state index contributed by atoms with van der Waals surface area (Å²) in [6.07, 6.45) is 1.21. The van der Waals surface area contributed by atoms with Gasteiger partial charge in [0, 0.05) is 0 Å². The Bertz CT molecular complexity index is 867. The van der Waals surface area contributed by atoms with E-state index in [2.05, 4.69) is 0 Å². The van der Waals surface area contributed by atoms with E-state index in [1.807, 2.05) is 0 Å². The van der Waals surface area contributed by atoms with Gasteiger partial charge in [-0.25, -0.2) is 4.79 Å². The molecule has 0 saturated carbocycles. The molecule has 0 spiro atoms. The lowest BCUT2D eigenvalue weighted by Gasteiger charge is -2.19. The second-order valence-corrected chi connectivity index (χ2v) is 6.50. The first-order valence-electron chi connectivity index (χ1n) is 8.09. The zero-order valence-corrected chi connectivity index (χ0v) is 16.4. The summed E-state index contributed by atoms with van der Waals surface area (Å²) in [4.78, 5) is 48.2. The molecule has 1 aliphatic rings. The lowest BCUT2D eigenvalue weighted by molar-refractivity contribution is -0.385. The number of ether oxygens (including phenoxy) is 3. The average Bonchev–Trinajstić information content (AvgIpc) is 2.93. The number of carbonyl (C=O) groups is 3. The summed E-state index contributed by atoms with van der Waals surface area (Å²) in [6.45, 7) is 3.08. The summed E-state index contributed by atoms with van der Waals surface area (Å²) in [5.41, 5.74) is -0.278. The van der Waals surface area contributed by atoms with Crippen molar-refractivity contribution >= 4 is 40.6 Å². The standard InChI is InChI=1S/C17H18N2O8S/c1-5-27-16(21)9(2)18-15(20)14(28-17(18)22)7-10-6-12(25-3)13(26-4)8-11(10)19(23)24/h6-9H,5H2,1-4H3/b14-7+/t9-/m1/s1. The van der Waals surface area contributed by atoms with Gasteiger partial charge in [0.15, 0.2) is 11.5 Å². The summed E-state index contributed by atoms with van der Waals surface area (Å²) in [5, 5.41) is 10.7. The van der Waals surface area contributed by atoms with Gasteiger partial charge in [0.1, 0.15) is 6.04 Å². The van der Waals surface area contributed by atoms with Gasteiger partial charge >= 0.3 is 5.97 Å². The van der Waals surface area contributed by atoms with Gasteiger partial charge in [-0.1, -0.05) is 0 Å². The Hall–Kier alpha value is -3.08. The zero-order chi connectivity index (χ0) is 21.0. The molecule has 1 aromatic carbocycles. The topological polar surface area (TPSA) is 125 Å². The van der Waals surface area contributed by atoms with E-state index < -0.39 is 28.1 Å². The zero-order valence-electron chi connectivity index (χ0n) is 15.6. The molecule has 0 bridgehead atoms. The number of thioether (sulfide) groups is 1. The molecule has 1 saturated heterocycles. The van der Waals surface area contributed by atoms with Crippen molar-refractivity contribution in [1.82, 2.24) is 4.90 Å². The Kier molecular flexibility index (Phi) is 6.62. The summed E-state index contributed by atoms with van der Waals surface area (Å²) in [7, 11) is 2.70. The fourth-order valence-electron chi connectivity index (χ4n) is 2.48. The normalized spacial score (nSPS) is 16.3. The maximum atomic E-state index is 12.6. The third-order valence-electron chi connectivity index (χ3n) is 3.85. The molecule has 0 radical (unpaired) electrons. The van der Waals surface area contributed by atoms with E-state index in [1.165, 1.54) is 33.3 Å². The first-order chi connectivity index (χ1) is 13.2. The average molecular weight is 410 g/mol. The summed E-state index contributed by atoms with van der Waals surface area (Å²) in [6, 6.07) is 1.38. The van der Waals surface area contributed by atoms with Crippen LogP contribution in [0, 0.1) is 10.1 Å². The van der Waals surface area contributed by atoms with Crippen LogP contribution in [-0.2, 0) is 14.3 Å². The number of methoxy groups -OCH3 is 2. The molecule has 1 aliphatic heterocycles. The van der Waals surface area contributed by atoms with Crippen LogP contribution < -0.4 is 9.47 Å². The van der Waals surface area contributed by atoms with Gasteiger partial charge in [-0.2, -0.15) is 0 Å². The number of rotatable bonds is 7. The van der Waals surface area contributed by atoms with Crippen molar-refractivity contribution in [2.24, 2.45) is 0 Å². The summed E-state index contributed by atoms with van der Waals surface area (Å²) in [5.74, 6) is -1.09. The summed E-state index contributed by atoms with van der Waals surface area (Å²) >= 11 is 0.580. The Morgan fingerprint density at radius 3 is 2.43 bits per heavy atom.